The number of carbonyl (C=O) groups is 1. The van der Waals surface area contributed by atoms with Crippen molar-refractivity contribution in [2.24, 2.45) is 0 Å². The molecule has 1 aromatic carbocycles. The monoisotopic (exact) mass is 302 g/mol. The quantitative estimate of drug-likeness (QED) is 0.819. The summed E-state index contributed by atoms with van der Waals surface area (Å²) in [6.45, 7) is 3.36. The van der Waals surface area contributed by atoms with Crippen molar-refractivity contribution in [1.29, 1.82) is 0 Å². The van der Waals surface area contributed by atoms with Crippen molar-refractivity contribution in [2.75, 3.05) is 18.4 Å². The first-order valence-corrected chi connectivity index (χ1v) is 8.57. The fraction of sp³-hybridized carbons (Fsp3) is 0.611. The van der Waals surface area contributed by atoms with E-state index in [-0.39, 0.29) is 11.9 Å². The largest absolute Gasteiger partial charge is 0.486 e. The summed E-state index contributed by atoms with van der Waals surface area (Å²) in [6, 6.07) is 6.23. The lowest BCUT2D eigenvalue weighted by atomic mass is 9.95. The van der Waals surface area contributed by atoms with Crippen LogP contribution in [0.4, 0.5) is 5.69 Å². The van der Waals surface area contributed by atoms with Gasteiger partial charge in [0.1, 0.15) is 11.9 Å². The van der Waals surface area contributed by atoms with Crippen molar-refractivity contribution in [1.82, 2.24) is 5.32 Å². The van der Waals surface area contributed by atoms with Crippen molar-refractivity contribution in [2.45, 2.75) is 57.6 Å². The van der Waals surface area contributed by atoms with Gasteiger partial charge < -0.3 is 15.4 Å². The highest BCUT2D eigenvalue weighted by Crippen LogP contribution is 2.30. The predicted molar refractivity (Wildman–Crippen MR) is 88.8 cm³/mol. The maximum Gasteiger partial charge on any atom is 0.176 e. The van der Waals surface area contributed by atoms with E-state index in [4.69, 9.17) is 4.74 Å². The van der Waals surface area contributed by atoms with Gasteiger partial charge in [0, 0.05) is 11.6 Å². The Morgan fingerprint density at radius 2 is 2.14 bits per heavy atom. The topological polar surface area (TPSA) is 50.4 Å². The molecule has 4 heteroatoms. The van der Waals surface area contributed by atoms with Crippen LogP contribution in [0.15, 0.2) is 18.2 Å². The van der Waals surface area contributed by atoms with Crippen LogP contribution in [0.25, 0.3) is 0 Å². The molecule has 1 unspecified atom stereocenters. The maximum absolute atomic E-state index is 12.4. The molecule has 0 amide bonds. The molecule has 0 bridgehead atoms. The summed E-state index contributed by atoms with van der Waals surface area (Å²) in [6.07, 6.45) is 7.51. The zero-order chi connectivity index (χ0) is 15.4. The van der Waals surface area contributed by atoms with Crippen molar-refractivity contribution < 1.29 is 9.53 Å². The van der Waals surface area contributed by atoms with E-state index < -0.39 is 0 Å². The summed E-state index contributed by atoms with van der Waals surface area (Å²) in [5.74, 6) is 1.02. The van der Waals surface area contributed by atoms with Gasteiger partial charge in [-0.2, -0.15) is 0 Å². The van der Waals surface area contributed by atoms with Crippen molar-refractivity contribution in [3.8, 4) is 5.75 Å². The summed E-state index contributed by atoms with van der Waals surface area (Å²) >= 11 is 0. The Morgan fingerprint density at radius 1 is 1.32 bits per heavy atom. The molecule has 1 saturated carbocycles. The molecule has 0 saturated heterocycles. The molecule has 1 atom stereocenters. The van der Waals surface area contributed by atoms with Gasteiger partial charge in [-0.25, -0.2) is 0 Å². The van der Waals surface area contributed by atoms with Gasteiger partial charge in [-0.3, -0.25) is 4.79 Å². The number of benzene rings is 1. The third-order valence-electron chi connectivity index (χ3n) is 4.73. The van der Waals surface area contributed by atoms with Gasteiger partial charge >= 0.3 is 0 Å². The van der Waals surface area contributed by atoms with E-state index in [1.54, 1.807) is 0 Å². The highest BCUT2D eigenvalue weighted by atomic mass is 16.5. The highest BCUT2D eigenvalue weighted by molar-refractivity contribution is 5.98. The standard InChI is InChI=1S/C18H26N2O2/c1-2-15-11-20-16-10-13(8-9-18(16)22-15)17(21)12-19-14-6-4-3-5-7-14/h8-10,14-15,19-20H,2-7,11-12H2,1H3. The minimum absolute atomic E-state index is 0.160. The van der Waals surface area contributed by atoms with Gasteiger partial charge in [0.15, 0.2) is 5.78 Å². The molecule has 0 aromatic heterocycles. The van der Waals surface area contributed by atoms with Gasteiger partial charge in [-0.15, -0.1) is 0 Å². The Bertz CT molecular complexity index is 524. The summed E-state index contributed by atoms with van der Waals surface area (Å²) < 4.78 is 5.88. The molecule has 0 spiro atoms. The minimum atomic E-state index is 0.160. The lowest BCUT2D eigenvalue weighted by Gasteiger charge is -2.27. The molecule has 22 heavy (non-hydrogen) atoms. The Hall–Kier alpha value is -1.55. The number of anilines is 1. The van der Waals surface area contributed by atoms with Gasteiger partial charge in [0.2, 0.25) is 0 Å². The number of Topliss-reactive ketones (excluding diaryl/α,β-unsaturated/α-hetero) is 1. The molecule has 1 fully saturated rings. The fourth-order valence-corrected chi connectivity index (χ4v) is 3.26. The first-order valence-electron chi connectivity index (χ1n) is 8.57. The van der Waals surface area contributed by atoms with Crippen LogP contribution >= 0.6 is 0 Å². The number of carbonyl (C=O) groups excluding carboxylic acids is 1. The highest BCUT2D eigenvalue weighted by Gasteiger charge is 2.20. The normalized spacial score (nSPS) is 21.6. The molecule has 1 aromatic rings. The number of nitrogens with one attached hydrogen (secondary N) is 2. The molecule has 2 aliphatic rings. The molecule has 1 heterocycles. The van der Waals surface area contributed by atoms with Crippen LogP contribution in [0.2, 0.25) is 0 Å². The Kier molecular flexibility index (Phi) is 4.98. The van der Waals surface area contributed by atoms with Crippen LogP contribution in [0.3, 0.4) is 0 Å². The Labute approximate surface area is 132 Å². The van der Waals surface area contributed by atoms with Crippen LogP contribution < -0.4 is 15.4 Å². The third-order valence-corrected chi connectivity index (χ3v) is 4.73. The molecule has 1 aliphatic carbocycles. The minimum Gasteiger partial charge on any atom is -0.486 e. The summed E-state index contributed by atoms with van der Waals surface area (Å²) in [5, 5.41) is 6.78. The average Bonchev–Trinajstić information content (AvgIpc) is 2.59. The number of hydrogen-bond acceptors (Lipinski definition) is 4. The summed E-state index contributed by atoms with van der Waals surface area (Å²) in [5.41, 5.74) is 1.70. The second-order valence-electron chi connectivity index (χ2n) is 6.38. The maximum atomic E-state index is 12.4. The van der Waals surface area contributed by atoms with Gasteiger partial charge in [0.05, 0.1) is 18.8 Å². The second kappa shape index (κ2) is 7.14. The predicted octanol–water partition coefficient (Wildman–Crippen LogP) is 3.37. The zero-order valence-corrected chi connectivity index (χ0v) is 13.4. The zero-order valence-electron chi connectivity index (χ0n) is 13.4. The number of ketones is 1. The first kappa shape index (κ1) is 15.3. The van der Waals surface area contributed by atoms with E-state index in [9.17, 15) is 4.79 Å². The Morgan fingerprint density at radius 3 is 2.91 bits per heavy atom. The van der Waals surface area contributed by atoms with E-state index in [1.165, 1.54) is 32.1 Å². The van der Waals surface area contributed by atoms with Gasteiger partial charge in [-0.05, 0) is 37.5 Å². The Balaban J connectivity index is 1.59. The van der Waals surface area contributed by atoms with Crippen LogP contribution in [0.5, 0.6) is 5.75 Å². The van der Waals surface area contributed by atoms with E-state index in [0.29, 0.717) is 12.6 Å². The van der Waals surface area contributed by atoms with Crippen molar-refractivity contribution in [3.63, 3.8) is 0 Å². The first-order chi connectivity index (χ1) is 10.8. The average molecular weight is 302 g/mol. The molecule has 3 rings (SSSR count). The number of ether oxygens (including phenoxy) is 1. The fourth-order valence-electron chi connectivity index (χ4n) is 3.26. The van der Waals surface area contributed by atoms with Crippen LogP contribution in [-0.4, -0.2) is 31.0 Å². The van der Waals surface area contributed by atoms with E-state index in [2.05, 4.69) is 17.6 Å². The smallest absolute Gasteiger partial charge is 0.176 e. The number of fused-ring (bicyclic) bond motifs is 1. The molecule has 1 aliphatic heterocycles. The van der Waals surface area contributed by atoms with E-state index in [1.807, 2.05) is 18.2 Å². The summed E-state index contributed by atoms with van der Waals surface area (Å²) in [7, 11) is 0. The molecular weight excluding hydrogens is 276 g/mol. The van der Waals surface area contributed by atoms with Crippen molar-refractivity contribution >= 4 is 11.5 Å². The van der Waals surface area contributed by atoms with Gasteiger partial charge in [-0.1, -0.05) is 26.2 Å². The van der Waals surface area contributed by atoms with Crippen LogP contribution in [0, 0.1) is 0 Å². The SMILES string of the molecule is CCC1CNc2cc(C(=O)CNC3CCCCC3)ccc2O1. The van der Waals surface area contributed by atoms with Crippen LogP contribution in [0.1, 0.15) is 55.8 Å². The van der Waals surface area contributed by atoms with Crippen LogP contribution in [-0.2, 0) is 0 Å². The van der Waals surface area contributed by atoms with E-state index >= 15 is 0 Å². The molecule has 0 radical (unpaired) electrons. The number of hydrogen-bond donors (Lipinski definition) is 2. The molecule has 2 N–H and O–H groups in total. The molecule has 120 valence electrons. The molecule has 4 nitrogen and oxygen atoms in total. The lowest BCUT2D eigenvalue weighted by molar-refractivity contribution is 0.0984. The van der Waals surface area contributed by atoms with E-state index in [0.717, 1.165) is 30.0 Å². The van der Waals surface area contributed by atoms with Crippen molar-refractivity contribution in [3.05, 3.63) is 23.8 Å². The summed E-state index contributed by atoms with van der Waals surface area (Å²) in [4.78, 5) is 12.4. The third kappa shape index (κ3) is 3.61. The molecular formula is C18H26N2O2. The number of rotatable bonds is 5. The van der Waals surface area contributed by atoms with Gasteiger partial charge in [0.25, 0.3) is 0 Å². The lowest BCUT2D eigenvalue weighted by Crippen LogP contribution is -2.35. The second-order valence-corrected chi connectivity index (χ2v) is 6.38.